The number of amides is 3. The molecule has 0 aliphatic heterocycles. The number of ether oxygens (including phenoxy) is 1. The first-order chi connectivity index (χ1) is 10.0. The topological polar surface area (TPSA) is 118 Å². The Morgan fingerprint density at radius 1 is 1.24 bits per heavy atom. The van der Waals surface area contributed by atoms with Crippen LogP contribution in [0.5, 0.6) is 0 Å². The summed E-state index contributed by atoms with van der Waals surface area (Å²) in [4.78, 5) is 38.6. The van der Waals surface area contributed by atoms with E-state index in [2.05, 4.69) is 15.0 Å². The second-order valence-corrected chi connectivity index (χ2v) is 5.57. The third-order valence-electron chi connectivity index (χ3n) is 2.78. The van der Waals surface area contributed by atoms with Crippen molar-refractivity contribution in [2.24, 2.45) is 0 Å². The average Bonchev–Trinajstić information content (AvgIpc) is 2.79. The van der Waals surface area contributed by atoms with Crippen LogP contribution in [0.4, 0.5) is 9.93 Å². The lowest BCUT2D eigenvalue weighted by atomic mass is 10.0. The molecule has 3 N–H and O–H groups in total. The summed E-state index contributed by atoms with van der Waals surface area (Å²) in [6, 6.07) is -0.704. The van der Waals surface area contributed by atoms with Gasteiger partial charge in [0, 0.05) is 4.88 Å². The van der Waals surface area contributed by atoms with Crippen LogP contribution < -0.4 is 10.6 Å². The second-order valence-electron chi connectivity index (χ2n) is 4.48. The summed E-state index contributed by atoms with van der Waals surface area (Å²) in [5.74, 6) is -1.89. The minimum Gasteiger partial charge on any atom is -0.480 e. The van der Waals surface area contributed by atoms with E-state index in [0.717, 1.165) is 31.4 Å². The molecule has 0 fully saturated rings. The van der Waals surface area contributed by atoms with Crippen LogP contribution in [0.25, 0.3) is 0 Å². The Bertz CT molecular complexity index is 534. The monoisotopic (exact) mass is 313 g/mol. The zero-order chi connectivity index (χ0) is 15.2. The number of carboxylic acids is 1. The zero-order valence-electron chi connectivity index (χ0n) is 11.2. The number of fused-ring (bicyclic) bond motifs is 1. The zero-order valence-corrected chi connectivity index (χ0v) is 12.0. The molecule has 0 aromatic carbocycles. The molecule has 0 spiro atoms. The highest BCUT2D eigenvalue weighted by molar-refractivity contribution is 7.15. The van der Waals surface area contributed by atoms with E-state index in [1.165, 1.54) is 16.2 Å². The number of aromatic nitrogens is 1. The Morgan fingerprint density at radius 3 is 2.71 bits per heavy atom. The van der Waals surface area contributed by atoms with Gasteiger partial charge in [-0.2, -0.15) is 0 Å². The molecular weight excluding hydrogens is 298 g/mol. The molecule has 114 valence electrons. The summed E-state index contributed by atoms with van der Waals surface area (Å²) in [6.45, 7) is -1.08. The molecule has 1 aromatic heterocycles. The Labute approximate surface area is 124 Å². The Balaban J connectivity index is 1.77. The smallest absolute Gasteiger partial charge is 0.329 e. The van der Waals surface area contributed by atoms with Crippen molar-refractivity contribution in [3.63, 3.8) is 0 Å². The molecular formula is C12H15N3O5S. The number of hydrogen-bond acceptors (Lipinski definition) is 6. The van der Waals surface area contributed by atoms with Gasteiger partial charge in [-0.15, -0.1) is 11.3 Å². The number of nitrogens with one attached hydrogen (secondary N) is 2. The Morgan fingerprint density at radius 2 is 2.00 bits per heavy atom. The fraction of sp³-hybridized carbons (Fsp3) is 0.500. The number of anilines is 1. The maximum atomic E-state index is 11.6. The molecule has 0 bridgehead atoms. The van der Waals surface area contributed by atoms with Gasteiger partial charge in [0.15, 0.2) is 5.13 Å². The van der Waals surface area contributed by atoms with Crippen molar-refractivity contribution in [2.75, 3.05) is 18.5 Å². The van der Waals surface area contributed by atoms with E-state index < -0.39 is 31.1 Å². The van der Waals surface area contributed by atoms with E-state index in [9.17, 15) is 14.4 Å². The van der Waals surface area contributed by atoms with Gasteiger partial charge >= 0.3 is 12.0 Å². The second kappa shape index (κ2) is 7.14. The van der Waals surface area contributed by atoms with Crippen molar-refractivity contribution < 1.29 is 24.2 Å². The summed E-state index contributed by atoms with van der Waals surface area (Å²) < 4.78 is 4.57. The molecule has 3 amide bonds. The number of hydrogen-bond donors (Lipinski definition) is 3. The molecule has 1 aromatic rings. The number of aryl methyl sites for hydroxylation is 2. The Hall–Kier alpha value is -2.00. The Kier molecular flexibility index (Phi) is 5.23. The van der Waals surface area contributed by atoms with Crippen LogP contribution in [-0.4, -0.2) is 41.2 Å². The number of aliphatic carboxylic acids is 1. The van der Waals surface area contributed by atoms with E-state index in [1.807, 2.05) is 5.32 Å². The SMILES string of the molecule is O=C(O)COCC(=O)NC(=O)Nc1nc2c(s1)CCCC2. The van der Waals surface area contributed by atoms with Gasteiger partial charge in [-0.25, -0.2) is 14.6 Å². The minimum absolute atomic E-state index is 0.457. The van der Waals surface area contributed by atoms with Gasteiger partial charge in [0.1, 0.15) is 13.2 Å². The normalized spacial score (nSPS) is 13.3. The largest absolute Gasteiger partial charge is 0.480 e. The van der Waals surface area contributed by atoms with Crippen molar-refractivity contribution >= 4 is 34.4 Å². The first kappa shape index (κ1) is 15.4. The number of thiazole rings is 1. The van der Waals surface area contributed by atoms with E-state index in [4.69, 9.17) is 5.11 Å². The third-order valence-corrected chi connectivity index (χ3v) is 3.85. The van der Waals surface area contributed by atoms with E-state index in [-0.39, 0.29) is 0 Å². The van der Waals surface area contributed by atoms with Crippen molar-refractivity contribution in [1.29, 1.82) is 0 Å². The number of imide groups is 1. The molecule has 0 radical (unpaired) electrons. The number of carboxylic acid groups (broad SMARTS) is 1. The molecule has 1 aliphatic rings. The number of carbonyl (C=O) groups is 3. The summed E-state index contributed by atoms with van der Waals surface area (Å²) in [6.07, 6.45) is 4.11. The number of nitrogens with zero attached hydrogens (tertiary/aromatic N) is 1. The van der Waals surface area contributed by atoms with Crippen LogP contribution in [0.15, 0.2) is 0 Å². The molecule has 1 aliphatic carbocycles. The van der Waals surface area contributed by atoms with Crippen LogP contribution in [0, 0.1) is 0 Å². The first-order valence-electron chi connectivity index (χ1n) is 6.43. The molecule has 0 saturated carbocycles. The summed E-state index contributed by atoms with van der Waals surface area (Å²) in [7, 11) is 0. The lowest BCUT2D eigenvalue weighted by molar-refractivity contribution is -0.143. The highest BCUT2D eigenvalue weighted by Crippen LogP contribution is 2.29. The molecule has 21 heavy (non-hydrogen) atoms. The molecule has 0 unspecified atom stereocenters. The van der Waals surface area contributed by atoms with Gasteiger partial charge in [0.2, 0.25) is 0 Å². The molecule has 9 heteroatoms. The fourth-order valence-corrected chi connectivity index (χ4v) is 2.97. The highest BCUT2D eigenvalue weighted by Gasteiger charge is 2.17. The standard InChI is InChI=1S/C12H15N3O5S/c16-9(5-20-6-10(17)18)14-11(19)15-12-13-7-3-1-2-4-8(7)21-12/h1-6H2,(H,17,18)(H2,13,14,15,16,19). The van der Waals surface area contributed by atoms with Gasteiger partial charge in [0.25, 0.3) is 5.91 Å². The molecule has 1 heterocycles. The van der Waals surface area contributed by atoms with Crippen molar-refractivity contribution in [1.82, 2.24) is 10.3 Å². The van der Waals surface area contributed by atoms with E-state index in [0.29, 0.717) is 5.13 Å². The summed E-state index contributed by atoms with van der Waals surface area (Å²) in [5.41, 5.74) is 1.01. The molecule has 8 nitrogen and oxygen atoms in total. The van der Waals surface area contributed by atoms with Crippen LogP contribution in [0.3, 0.4) is 0 Å². The quantitative estimate of drug-likeness (QED) is 0.739. The van der Waals surface area contributed by atoms with Gasteiger partial charge in [0.05, 0.1) is 5.69 Å². The van der Waals surface area contributed by atoms with E-state index in [1.54, 1.807) is 0 Å². The number of rotatable bonds is 5. The van der Waals surface area contributed by atoms with Crippen LogP contribution in [0.1, 0.15) is 23.4 Å². The summed E-state index contributed by atoms with van der Waals surface area (Å²) >= 11 is 1.41. The van der Waals surface area contributed by atoms with E-state index >= 15 is 0 Å². The molecule has 0 saturated heterocycles. The van der Waals surface area contributed by atoms with Gasteiger partial charge < -0.3 is 9.84 Å². The van der Waals surface area contributed by atoms with Crippen LogP contribution in [0.2, 0.25) is 0 Å². The number of urea groups is 1. The van der Waals surface area contributed by atoms with Gasteiger partial charge in [-0.1, -0.05) is 0 Å². The number of carbonyl (C=O) groups excluding carboxylic acids is 2. The predicted octanol–water partition coefficient (Wildman–Crippen LogP) is 0.771. The third kappa shape index (κ3) is 4.80. The maximum Gasteiger partial charge on any atom is 0.329 e. The van der Waals surface area contributed by atoms with Gasteiger partial charge in [-0.05, 0) is 25.7 Å². The van der Waals surface area contributed by atoms with Crippen LogP contribution in [-0.2, 0) is 27.2 Å². The predicted molar refractivity (Wildman–Crippen MR) is 74.4 cm³/mol. The lowest BCUT2D eigenvalue weighted by Crippen LogP contribution is -2.37. The van der Waals surface area contributed by atoms with Gasteiger partial charge in [-0.3, -0.25) is 15.4 Å². The molecule has 0 atom stereocenters. The van der Waals surface area contributed by atoms with Crippen molar-refractivity contribution in [3.05, 3.63) is 10.6 Å². The minimum atomic E-state index is -1.18. The molecule has 2 rings (SSSR count). The van der Waals surface area contributed by atoms with Crippen molar-refractivity contribution in [2.45, 2.75) is 25.7 Å². The fourth-order valence-electron chi connectivity index (χ4n) is 1.93. The lowest BCUT2D eigenvalue weighted by Gasteiger charge is -2.06. The average molecular weight is 313 g/mol. The van der Waals surface area contributed by atoms with Crippen molar-refractivity contribution in [3.8, 4) is 0 Å². The highest BCUT2D eigenvalue weighted by atomic mass is 32.1. The first-order valence-corrected chi connectivity index (χ1v) is 7.25. The maximum absolute atomic E-state index is 11.6. The van der Waals surface area contributed by atoms with Crippen LogP contribution >= 0.6 is 11.3 Å². The summed E-state index contributed by atoms with van der Waals surface area (Å²) in [5, 5.41) is 13.3.